The molecular formula is C21H27N3OS. The smallest absolute Gasteiger partial charge is 0.241 e. The van der Waals surface area contributed by atoms with Crippen LogP contribution >= 0.6 is 11.3 Å². The zero-order valence-corrected chi connectivity index (χ0v) is 16.2. The number of rotatable bonds is 4. The minimum Gasteiger partial charge on any atom is -0.325 e. The number of carbonyl (C=O) groups is 1. The number of hydrogen-bond acceptors (Lipinski definition) is 4. The van der Waals surface area contributed by atoms with E-state index in [-0.39, 0.29) is 11.9 Å². The molecule has 0 aliphatic carbocycles. The molecule has 5 heteroatoms. The molecule has 1 aromatic carbocycles. The van der Waals surface area contributed by atoms with E-state index in [4.69, 9.17) is 0 Å². The number of likely N-dealkylation sites (tertiary alicyclic amines) is 2. The molecule has 0 radical (unpaired) electrons. The third-order valence-corrected chi connectivity index (χ3v) is 6.82. The second kappa shape index (κ2) is 7.51. The molecule has 2 aliphatic heterocycles. The first kappa shape index (κ1) is 17.7. The van der Waals surface area contributed by atoms with Gasteiger partial charge in [-0.25, -0.2) is 0 Å². The number of nitrogens with zero attached hydrogens (tertiary/aromatic N) is 2. The molecule has 2 fully saturated rings. The fourth-order valence-corrected chi connectivity index (χ4v) is 5.23. The molecule has 26 heavy (non-hydrogen) atoms. The van der Waals surface area contributed by atoms with Crippen molar-refractivity contribution in [2.45, 2.75) is 31.8 Å². The lowest BCUT2D eigenvalue weighted by molar-refractivity contribution is -0.120. The summed E-state index contributed by atoms with van der Waals surface area (Å²) in [5.41, 5.74) is 1.19. The van der Waals surface area contributed by atoms with E-state index in [2.05, 4.69) is 39.7 Å². The van der Waals surface area contributed by atoms with E-state index in [0.717, 1.165) is 38.3 Å². The third-order valence-electron chi connectivity index (χ3n) is 5.96. The van der Waals surface area contributed by atoms with E-state index in [1.165, 1.54) is 17.7 Å². The SMILES string of the molecule is CN1CC2(CCN(Cc3cccs3)CC2)C[C@H]1C(=O)Nc1ccccc1. The number of amides is 1. The molecule has 0 bridgehead atoms. The van der Waals surface area contributed by atoms with Crippen molar-refractivity contribution in [3.05, 3.63) is 52.7 Å². The topological polar surface area (TPSA) is 35.6 Å². The van der Waals surface area contributed by atoms with Gasteiger partial charge in [-0.05, 0) is 68.4 Å². The second-order valence-electron chi connectivity index (χ2n) is 7.85. The number of nitrogens with one attached hydrogen (secondary N) is 1. The molecule has 0 unspecified atom stereocenters. The summed E-state index contributed by atoms with van der Waals surface area (Å²) in [5.74, 6) is 0.136. The minimum atomic E-state index is -0.0148. The van der Waals surface area contributed by atoms with Gasteiger partial charge in [-0.2, -0.15) is 0 Å². The number of benzene rings is 1. The quantitative estimate of drug-likeness (QED) is 0.893. The molecular weight excluding hydrogens is 342 g/mol. The van der Waals surface area contributed by atoms with Crippen LogP contribution in [-0.4, -0.2) is 48.4 Å². The lowest BCUT2D eigenvalue weighted by atomic mass is 9.76. The Labute approximate surface area is 159 Å². The van der Waals surface area contributed by atoms with E-state index < -0.39 is 0 Å². The summed E-state index contributed by atoms with van der Waals surface area (Å²) >= 11 is 1.84. The fraction of sp³-hybridized carbons (Fsp3) is 0.476. The van der Waals surface area contributed by atoms with Gasteiger partial charge in [-0.3, -0.25) is 14.6 Å². The summed E-state index contributed by atoms with van der Waals surface area (Å²) < 4.78 is 0. The van der Waals surface area contributed by atoms with Crippen LogP contribution in [0.2, 0.25) is 0 Å². The number of hydrogen-bond donors (Lipinski definition) is 1. The van der Waals surface area contributed by atoms with Crippen LogP contribution in [-0.2, 0) is 11.3 Å². The molecule has 1 atom stereocenters. The van der Waals surface area contributed by atoms with Gasteiger partial charge < -0.3 is 5.32 Å². The Balaban J connectivity index is 1.34. The monoisotopic (exact) mass is 369 g/mol. The van der Waals surface area contributed by atoms with E-state index in [1.807, 2.05) is 41.7 Å². The van der Waals surface area contributed by atoms with E-state index in [0.29, 0.717) is 5.41 Å². The molecule has 2 saturated heterocycles. The first-order chi connectivity index (χ1) is 12.6. The maximum atomic E-state index is 12.8. The lowest BCUT2D eigenvalue weighted by Crippen LogP contribution is -2.40. The molecule has 3 heterocycles. The number of likely N-dealkylation sites (N-methyl/N-ethyl adjacent to an activating group) is 1. The summed E-state index contributed by atoms with van der Waals surface area (Å²) in [6.45, 7) is 4.38. The van der Waals surface area contributed by atoms with Crippen molar-refractivity contribution in [3.8, 4) is 0 Å². The zero-order chi connectivity index (χ0) is 18.0. The first-order valence-electron chi connectivity index (χ1n) is 9.44. The van der Waals surface area contributed by atoms with Crippen molar-refractivity contribution in [1.29, 1.82) is 0 Å². The molecule has 1 N–H and O–H groups in total. The molecule has 1 aromatic heterocycles. The van der Waals surface area contributed by atoms with Crippen LogP contribution in [0, 0.1) is 5.41 Å². The maximum Gasteiger partial charge on any atom is 0.241 e. The highest BCUT2D eigenvalue weighted by Gasteiger charge is 2.46. The Hall–Kier alpha value is -1.69. The van der Waals surface area contributed by atoms with Gasteiger partial charge in [-0.15, -0.1) is 11.3 Å². The van der Waals surface area contributed by atoms with Crippen molar-refractivity contribution in [2.24, 2.45) is 5.41 Å². The number of thiophene rings is 1. The van der Waals surface area contributed by atoms with Crippen LogP contribution < -0.4 is 5.32 Å². The van der Waals surface area contributed by atoms with Crippen molar-refractivity contribution in [3.63, 3.8) is 0 Å². The van der Waals surface area contributed by atoms with Crippen molar-refractivity contribution in [2.75, 3.05) is 32.0 Å². The highest BCUT2D eigenvalue weighted by Crippen LogP contribution is 2.43. The van der Waals surface area contributed by atoms with Gasteiger partial charge in [0.1, 0.15) is 0 Å². The van der Waals surface area contributed by atoms with Gasteiger partial charge in [0.25, 0.3) is 0 Å². The largest absolute Gasteiger partial charge is 0.325 e. The molecule has 1 amide bonds. The predicted molar refractivity (Wildman–Crippen MR) is 107 cm³/mol. The lowest BCUT2D eigenvalue weighted by Gasteiger charge is -2.39. The fourth-order valence-electron chi connectivity index (χ4n) is 4.48. The van der Waals surface area contributed by atoms with Crippen molar-refractivity contribution >= 4 is 22.9 Å². The van der Waals surface area contributed by atoms with Gasteiger partial charge in [0.2, 0.25) is 5.91 Å². The highest BCUT2D eigenvalue weighted by molar-refractivity contribution is 7.09. The van der Waals surface area contributed by atoms with Gasteiger partial charge in [-0.1, -0.05) is 24.3 Å². The van der Waals surface area contributed by atoms with Crippen LogP contribution in [0.15, 0.2) is 47.8 Å². The number of anilines is 1. The van der Waals surface area contributed by atoms with Crippen LogP contribution in [0.5, 0.6) is 0 Å². The second-order valence-corrected chi connectivity index (χ2v) is 8.88. The Kier molecular flexibility index (Phi) is 5.11. The Bertz CT molecular complexity index is 723. The molecule has 2 aromatic rings. The summed E-state index contributed by atoms with van der Waals surface area (Å²) in [5, 5.41) is 5.24. The number of piperidine rings is 1. The van der Waals surface area contributed by atoms with Crippen LogP contribution in [0.25, 0.3) is 0 Å². The standard InChI is InChI=1S/C21H27N3OS/c1-23-16-21(9-11-24(12-10-21)15-18-8-5-13-26-18)14-19(23)20(25)22-17-6-3-2-4-7-17/h2-8,13,19H,9-12,14-16H2,1H3,(H,22,25)/t19-/m0/s1. The Morgan fingerprint density at radius 3 is 2.65 bits per heavy atom. The summed E-state index contributed by atoms with van der Waals surface area (Å²) in [4.78, 5) is 19.0. The van der Waals surface area contributed by atoms with Gasteiger partial charge in [0.15, 0.2) is 0 Å². The summed E-state index contributed by atoms with van der Waals surface area (Å²) in [7, 11) is 2.10. The molecule has 1 spiro atoms. The van der Waals surface area contributed by atoms with Crippen molar-refractivity contribution in [1.82, 2.24) is 9.80 Å². The number of para-hydroxylation sites is 1. The Morgan fingerprint density at radius 1 is 1.19 bits per heavy atom. The predicted octanol–water partition coefficient (Wildman–Crippen LogP) is 3.67. The average molecular weight is 370 g/mol. The van der Waals surface area contributed by atoms with Crippen LogP contribution in [0.4, 0.5) is 5.69 Å². The van der Waals surface area contributed by atoms with Crippen LogP contribution in [0.1, 0.15) is 24.1 Å². The molecule has 138 valence electrons. The third kappa shape index (κ3) is 3.85. The summed E-state index contributed by atoms with van der Waals surface area (Å²) in [6, 6.07) is 14.1. The molecule has 0 saturated carbocycles. The molecule has 4 rings (SSSR count). The van der Waals surface area contributed by atoms with Crippen LogP contribution in [0.3, 0.4) is 0 Å². The van der Waals surface area contributed by atoms with Crippen molar-refractivity contribution < 1.29 is 4.79 Å². The van der Waals surface area contributed by atoms with E-state index in [9.17, 15) is 4.79 Å². The molecule has 2 aliphatic rings. The minimum absolute atomic E-state index is 0.0148. The average Bonchev–Trinajstić information content (AvgIpc) is 3.26. The van der Waals surface area contributed by atoms with E-state index >= 15 is 0 Å². The highest BCUT2D eigenvalue weighted by atomic mass is 32.1. The normalized spacial score (nSPS) is 23.3. The van der Waals surface area contributed by atoms with E-state index in [1.54, 1.807) is 0 Å². The zero-order valence-electron chi connectivity index (χ0n) is 15.4. The number of carbonyl (C=O) groups excluding carboxylic acids is 1. The van der Waals surface area contributed by atoms with Gasteiger partial charge in [0.05, 0.1) is 6.04 Å². The summed E-state index contributed by atoms with van der Waals surface area (Å²) in [6.07, 6.45) is 3.37. The maximum absolute atomic E-state index is 12.8. The first-order valence-corrected chi connectivity index (χ1v) is 10.3. The molecule has 4 nitrogen and oxygen atoms in total. The van der Waals surface area contributed by atoms with Gasteiger partial charge >= 0.3 is 0 Å². The Morgan fingerprint density at radius 2 is 1.96 bits per heavy atom. The van der Waals surface area contributed by atoms with Gasteiger partial charge in [0, 0.05) is 23.7 Å².